The Bertz CT molecular complexity index is 608. The molecule has 150 valence electrons. The first-order valence-corrected chi connectivity index (χ1v) is 10.8. The van der Waals surface area contributed by atoms with Crippen molar-refractivity contribution in [3.8, 4) is 0 Å². The highest BCUT2D eigenvalue weighted by atomic mass is 15.2. The minimum Gasteiger partial charge on any atom is -0.372 e. The molecule has 5 heteroatoms. The molecule has 3 rings (SSSR count). The lowest BCUT2D eigenvalue weighted by atomic mass is 10.0. The minimum atomic E-state index is 0.229. The lowest BCUT2D eigenvalue weighted by Gasteiger charge is -2.35. The average Bonchev–Trinajstić information content (AvgIpc) is 3.26. The second-order valence-corrected chi connectivity index (χ2v) is 7.89. The third-order valence-electron chi connectivity index (χ3n) is 6.08. The van der Waals surface area contributed by atoms with Gasteiger partial charge in [0.05, 0.1) is 6.04 Å². The number of anilines is 1. The number of benzene rings is 1. The van der Waals surface area contributed by atoms with Crippen LogP contribution in [0.15, 0.2) is 29.3 Å². The molecular formula is C22H37N5. The fourth-order valence-electron chi connectivity index (χ4n) is 4.37. The van der Waals surface area contributed by atoms with Crippen LogP contribution in [0.3, 0.4) is 0 Å². The molecule has 0 spiro atoms. The summed E-state index contributed by atoms with van der Waals surface area (Å²) in [6.07, 6.45) is 6.58. The molecule has 5 nitrogen and oxygen atoms in total. The van der Waals surface area contributed by atoms with Crippen molar-refractivity contribution in [2.45, 2.75) is 58.0 Å². The maximum Gasteiger partial charge on any atom is 0.191 e. The van der Waals surface area contributed by atoms with E-state index in [0.717, 1.165) is 19.0 Å². The van der Waals surface area contributed by atoms with Crippen LogP contribution < -0.4 is 15.5 Å². The average molecular weight is 372 g/mol. The van der Waals surface area contributed by atoms with E-state index >= 15 is 0 Å². The highest BCUT2D eigenvalue weighted by molar-refractivity contribution is 5.80. The monoisotopic (exact) mass is 371 g/mol. The van der Waals surface area contributed by atoms with Gasteiger partial charge in [-0.3, -0.25) is 9.89 Å². The quantitative estimate of drug-likeness (QED) is 0.594. The van der Waals surface area contributed by atoms with E-state index in [1.165, 1.54) is 63.0 Å². The van der Waals surface area contributed by atoms with Crippen molar-refractivity contribution < 1.29 is 0 Å². The van der Waals surface area contributed by atoms with Gasteiger partial charge in [-0.1, -0.05) is 25.5 Å². The van der Waals surface area contributed by atoms with E-state index in [9.17, 15) is 0 Å². The molecule has 2 heterocycles. The fraction of sp³-hybridized carbons (Fsp3) is 0.682. The highest BCUT2D eigenvalue weighted by Crippen LogP contribution is 2.24. The second kappa shape index (κ2) is 9.98. The Kier molecular flexibility index (Phi) is 7.39. The predicted molar refractivity (Wildman–Crippen MR) is 116 cm³/mol. The predicted octanol–water partition coefficient (Wildman–Crippen LogP) is 3.39. The van der Waals surface area contributed by atoms with Gasteiger partial charge in [-0.15, -0.1) is 0 Å². The molecule has 27 heavy (non-hydrogen) atoms. The van der Waals surface area contributed by atoms with Crippen LogP contribution in [0.5, 0.6) is 0 Å². The summed E-state index contributed by atoms with van der Waals surface area (Å²) in [5.74, 6) is 0.899. The van der Waals surface area contributed by atoms with Crippen LogP contribution in [0.4, 0.5) is 5.69 Å². The van der Waals surface area contributed by atoms with Gasteiger partial charge in [0.2, 0.25) is 0 Å². The molecule has 2 aliphatic rings. The van der Waals surface area contributed by atoms with Gasteiger partial charge in [0.15, 0.2) is 5.96 Å². The number of hydrogen-bond donors (Lipinski definition) is 2. The number of aliphatic imine (C=N–C) groups is 1. The van der Waals surface area contributed by atoms with Crippen molar-refractivity contribution in [1.82, 2.24) is 15.5 Å². The zero-order valence-corrected chi connectivity index (χ0v) is 17.4. The molecule has 0 saturated carbocycles. The molecule has 0 bridgehead atoms. The molecule has 2 aliphatic heterocycles. The molecule has 0 amide bonds. The van der Waals surface area contributed by atoms with Crippen LogP contribution in [0, 0.1) is 0 Å². The maximum absolute atomic E-state index is 4.45. The van der Waals surface area contributed by atoms with Crippen molar-refractivity contribution >= 4 is 11.6 Å². The lowest BCUT2D eigenvalue weighted by molar-refractivity contribution is 0.157. The summed E-state index contributed by atoms with van der Waals surface area (Å²) < 4.78 is 0. The first-order valence-electron chi connectivity index (χ1n) is 10.8. The molecule has 0 aliphatic carbocycles. The number of rotatable bonds is 6. The molecule has 2 unspecified atom stereocenters. The maximum atomic E-state index is 4.45. The van der Waals surface area contributed by atoms with Gasteiger partial charge in [-0.05, 0) is 63.4 Å². The molecule has 1 aromatic rings. The number of likely N-dealkylation sites (N-methyl/N-ethyl adjacent to an activating group) is 1. The van der Waals surface area contributed by atoms with Gasteiger partial charge >= 0.3 is 0 Å². The largest absolute Gasteiger partial charge is 0.372 e. The summed E-state index contributed by atoms with van der Waals surface area (Å²) in [6, 6.07) is 9.81. The molecule has 1 aromatic carbocycles. The van der Waals surface area contributed by atoms with Gasteiger partial charge < -0.3 is 15.5 Å². The van der Waals surface area contributed by atoms with Crippen LogP contribution in [0.2, 0.25) is 0 Å². The number of nitrogens with one attached hydrogen (secondary N) is 2. The lowest BCUT2D eigenvalue weighted by Crippen LogP contribution is -2.49. The molecule has 0 aromatic heterocycles. The molecule has 2 saturated heterocycles. The third-order valence-corrected chi connectivity index (χ3v) is 6.08. The number of hydrogen-bond acceptors (Lipinski definition) is 3. The Balaban J connectivity index is 1.55. The normalized spacial score (nSPS) is 22.7. The molecule has 2 fully saturated rings. The number of likely N-dealkylation sites (tertiary alicyclic amines) is 1. The fourth-order valence-corrected chi connectivity index (χ4v) is 4.37. The first-order chi connectivity index (χ1) is 13.2. The van der Waals surface area contributed by atoms with Gasteiger partial charge in [0.1, 0.15) is 0 Å². The summed E-state index contributed by atoms with van der Waals surface area (Å²) >= 11 is 0. The van der Waals surface area contributed by atoms with E-state index in [-0.39, 0.29) is 6.04 Å². The standard InChI is InChI=1S/C22H37N5/c1-4-26-13-6-5-11-21(26)17-24-22(23-3)25-18(2)19-10-9-12-20(16-19)27-14-7-8-15-27/h9-10,12,16,18,21H,4-8,11,13-15,17H2,1-3H3,(H2,23,24,25). The summed E-state index contributed by atoms with van der Waals surface area (Å²) in [5.41, 5.74) is 2.66. The van der Waals surface area contributed by atoms with E-state index in [0.29, 0.717) is 6.04 Å². The highest BCUT2D eigenvalue weighted by Gasteiger charge is 2.21. The van der Waals surface area contributed by atoms with Crippen LogP contribution in [-0.4, -0.2) is 56.7 Å². The van der Waals surface area contributed by atoms with Crippen molar-refractivity contribution in [3.05, 3.63) is 29.8 Å². The van der Waals surface area contributed by atoms with Crippen LogP contribution >= 0.6 is 0 Å². The van der Waals surface area contributed by atoms with Gasteiger partial charge in [0.25, 0.3) is 0 Å². The Morgan fingerprint density at radius 1 is 1.19 bits per heavy atom. The van der Waals surface area contributed by atoms with Crippen LogP contribution in [-0.2, 0) is 0 Å². The molecule has 2 atom stereocenters. The Morgan fingerprint density at radius 2 is 1.96 bits per heavy atom. The van der Waals surface area contributed by atoms with Crippen LogP contribution in [0.1, 0.15) is 57.6 Å². The van der Waals surface area contributed by atoms with Crippen molar-refractivity contribution in [2.75, 3.05) is 44.7 Å². The smallest absolute Gasteiger partial charge is 0.191 e. The van der Waals surface area contributed by atoms with E-state index in [1.54, 1.807) is 0 Å². The second-order valence-electron chi connectivity index (χ2n) is 7.89. The van der Waals surface area contributed by atoms with E-state index in [4.69, 9.17) is 0 Å². The third kappa shape index (κ3) is 5.38. The molecular weight excluding hydrogens is 334 g/mol. The van der Waals surface area contributed by atoms with Gasteiger partial charge in [-0.25, -0.2) is 0 Å². The topological polar surface area (TPSA) is 42.9 Å². The van der Waals surface area contributed by atoms with Gasteiger partial charge in [-0.2, -0.15) is 0 Å². The summed E-state index contributed by atoms with van der Waals surface area (Å²) in [4.78, 5) is 9.54. The zero-order chi connectivity index (χ0) is 19.1. The van der Waals surface area contributed by atoms with Crippen LogP contribution in [0.25, 0.3) is 0 Å². The molecule has 2 N–H and O–H groups in total. The van der Waals surface area contributed by atoms with Crippen molar-refractivity contribution in [3.63, 3.8) is 0 Å². The summed E-state index contributed by atoms with van der Waals surface area (Å²) in [7, 11) is 1.86. The molecule has 0 radical (unpaired) electrons. The first kappa shape index (κ1) is 20.0. The Hall–Kier alpha value is -1.75. The SMILES string of the molecule is CCN1CCCCC1CNC(=NC)NC(C)c1cccc(N2CCCC2)c1. The summed E-state index contributed by atoms with van der Waals surface area (Å²) in [6.45, 7) is 10.2. The van der Waals surface area contributed by atoms with E-state index in [1.807, 2.05) is 7.05 Å². The van der Waals surface area contributed by atoms with Gasteiger partial charge in [0, 0.05) is 38.4 Å². The number of nitrogens with zero attached hydrogens (tertiary/aromatic N) is 3. The zero-order valence-electron chi connectivity index (χ0n) is 17.4. The van der Waals surface area contributed by atoms with E-state index in [2.05, 4.69) is 63.5 Å². The van der Waals surface area contributed by atoms with Crippen molar-refractivity contribution in [2.24, 2.45) is 4.99 Å². The Labute approximate surface area is 165 Å². The minimum absolute atomic E-state index is 0.229. The summed E-state index contributed by atoms with van der Waals surface area (Å²) in [5, 5.41) is 7.14. The number of guanidine groups is 1. The van der Waals surface area contributed by atoms with Crippen molar-refractivity contribution in [1.29, 1.82) is 0 Å². The number of piperidine rings is 1. The van der Waals surface area contributed by atoms with E-state index < -0.39 is 0 Å². The Morgan fingerprint density at radius 3 is 2.70 bits per heavy atom.